The molecule has 1 heterocycles. The Balaban J connectivity index is 2.48. The summed E-state index contributed by atoms with van der Waals surface area (Å²) < 4.78 is 13.4. The quantitative estimate of drug-likeness (QED) is 0.605. The molecule has 1 aromatic carbocycles. The molecule has 2 aromatic rings. The Morgan fingerprint density at radius 1 is 1.47 bits per heavy atom. The zero-order valence-electron chi connectivity index (χ0n) is 7.48. The van der Waals surface area contributed by atoms with Gasteiger partial charge in [0, 0.05) is 23.4 Å². The molecule has 0 bridgehead atoms. The molecule has 0 radical (unpaired) electrons. The summed E-state index contributed by atoms with van der Waals surface area (Å²) in [6, 6.07) is 3.51. The molecule has 0 aliphatic heterocycles. The van der Waals surface area contributed by atoms with Crippen LogP contribution in [0.5, 0.6) is 0 Å². The minimum absolute atomic E-state index is 0.264. The van der Waals surface area contributed by atoms with E-state index in [4.69, 9.17) is 0 Å². The lowest BCUT2D eigenvalue weighted by Crippen LogP contribution is -1.90. The number of aromatic amines is 1. The third-order valence-corrected chi connectivity index (χ3v) is 1.97. The summed E-state index contributed by atoms with van der Waals surface area (Å²) in [7, 11) is 0. The summed E-state index contributed by atoms with van der Waals surface area (Å²) in [5.74, 6) is -0.634. The number of rotatable bonds is 2. The van der Waals surface area contributed by atoms with Crippen LogP contribution in [0.15, 0.2) is 30.6 Å². The molecule has 1 N–H and O–H groups in total. The lowest BCUT2D eigenvalue weighted by atomic mass is 10.1. The van der Waals surface area contributed by atoms with Gasteiger partial charge in [-0.15, -0.1) is 0 Å². The van der Waals surface area contributed by atoms with Crippen molar-refractivity contribution in [3.8, 4) is 11.1 Å². The van der Waals surface area contributed by atoms with Crippen molar-refractivity contribution in [2.24, 2.45) is 0 Å². The Bertz CT molecular complexity index is 496. The van der Waals surface area contributed by atoms with Crippen molar-refractivity contribution >= 4 is 5.69 Å². The maximum absolute atomic E-state index is 13.4. The number of aromatic nitrogens is 2. The third-order valence-electron chi connectivity index (χ3n) is 1.97. The van der Waals surface area contributed by atoms with Crippen LogP contribution in [0.3, 0.4) is 0 Å². The van der Waals surface area contributed by atoms with Gasteiger partial charge in [-0.2, -0.15) is 5.10 Å². The second-order valence-corrected chi connectivity index (χ2v) is 2.91. The molecule has 2 rings (SSSR count). The van der Waals surface area contributed by atoms with Crippen LogP contribution in [0.4, 0.5) is 10.1 Å². The average Bonchev–Trinajstić information content (AvgIpc) is 2.70. The van der Waals surface area contributed by atoms with Crippen molar-refractivity contribution in [1.29, 1.82) is 0 Å². The number of halogens is 1. The van der Waals surface area contributed by atoms with Gasteiger partial charge in [-0.1, -0.05) is 0 Å². The molecule has 15 heavy (non-hydrogen) atoms. The summed E-state index contributed by atoms with van der Waals surface area (Å²) in [6.07, 6.45) is 2.97. The fourth-order valence-corrected chi connectivity index (χ4v) is 1.25. The second kappa shape index (κ2) is 3.49. The first-order chi connectivity index (χ1) is 7.18. The smallest absolute Gasteiger partial charge is 0.272 e. The van der Waals surface area contributed by atoms with E-state index in [2.05, 4.69) is 10.2 Å². The number of nitrogens with one attached hydrogen (secondary N) is 1. The average molecular weight is 207 g/mol. The van der Waals surface area contributed by atoms with Gasteiger partial charge in [-0.3, -0.25) is 15.2 Å². The van der Waals surface area contributed by atoms with Crippen LogP contribution < -0.4 is 0 Å². The Kier molecular flexibility index (Phi) is 2.17. The van der Waals surface area contributed by atoms with Gasteiger partial charge in [0.15, 0.2) is 0 Å². The topological polar surface area (TPSA) is 71.8 Å². The van der Waals surface area contributed by atoms with Gasteiger partial charge in [0.2, 0.25) is 0 Å². The van der Waals surface area contributed by atoms with Crippen LogP contribution in [-0.2, 0) is 0 Å². The standard InChI is InChI=1S/C9H6FN3O2/c10-9-3-7(13(14)15)1-2-8(9)6-4-11-12-5-6/h1-5H,(H,11,12). The molecule has 0 aliphatic carbocycles. The summed E-state index contributed by atoms with van der Waals surface area (Å²) in [4.78, 5) is 9.73. The first kappa shape index (κ1) is 9.32. The largest absolute Gasteiger partial charge is 0.285 e. The zero-order chi connectivity index (χ0) is 10.8. The van der Waals surface area contributed by atoms with Gasteiger partial charge in [0.25, 0.3) is 5.69 Å². The monoisotopic (exact) mass is 207 g/mol. The van der Waals surface area contributed by atoms with E-state index in [1.54, 1.807) is 0 Å². The Hall–Kier alpha value is -2.24. The number of hydrogen-bond donors (Lipinski definition) is 1. The van der Waals surface area contributed by atoms with Gasteiger partial charge in [-0.05, 0) is 6.07 Å². The van der Waals surface area contributed by atoms with Crippen LogP contribution in [0.1, 0.15) is 0 Å². The van der Waals surface area contributed by atoms with Crippen molar-refractivity contribution < 1.29 is 9.31 Å². The molecular weight excluding hydrogens is 201 g/mol. The molecule has 6 heteroatoms. The van der Waals surface area contributed by atoms with E-state index in [1.807, 2.05) is 0 Å². The molecular formula is C9H6FN3O2. The number of hydrogen-bond acceptors (Lipinski definition) is 3. The molecule has 1 aromatic heterocycles. The molecule has 0 atom stereocenters. The number of nitro groups is 1. The molecule has 76 valence electrons. The molecule has 0 saturated heterocycles. The van der Waals surface area contributed by atoms with Crippen LogP contribution in [0.25, 0.3) is 11.1 Å². The maximum atomic E-state index is 13.4. The Morgan fingerprint density at radius 3 is 2.80 bits per heavy atom. The number of nitro benzene ring substituents is 1. The fraction of sp³-hybridized carbons (Fsp3) is 0. The first-order valence-corrected chi connectivity index (χ1v) is 4.11. The van der Waals surface area contributed by atoms with E-state index in [0.717, 1.165) is 6.07 Å². The lowest BCUT2D eigenvalue weighted by Gasteiger charge is -1.98. The van der Waals surface area contributed by atoms with Gasteiger partial charge in [0.05, 0.1) is 17.2 Å². The maximum Gasteiger partial charge on any atom is 0.272 e. The van der Waals surface area contributed by atoms with E-state index < -0.39 is 10.7 Å². The normalized spacial score (nSPS) is 10.2. The van der Waals surface area contributed by atoms with Gasteiger partial charge < -0.3 is 0 Å². The van der Waals surface area contributed by atoms with Crippen LogP contribution >= 0.6 is 0 Å². The molecule has 0 amide bonds. The van der Waals surface area contributed by atoms with Gasteiger partial charge in [-0.25, -0.2) is 4.39 Å². The Labute approximate surface area is 83.7 Å². The summed E-state index contributed by atoms with van der Waals surface area (Å²) in [5.41, 5.74) is 0.580. The van der Waals surface area contributed by atoms with Crippen molar-refractivity contribution in [2.45, 2.75) is 0 Å². The minimum Gasteiger partial charge on any atom is -0.285 e. The molecule has 0 spiro atoms. The number of non-ortho nitro benzene ring substituents is 1. The Morgan fingerprint density at radius 2 is 2.27 bits per heavy atom. The zero-order valence-corrected chi connectivity index (χ0v) is 7.48. The minimum atomic E-state index is -0.637. The number of nitrogens with zero attached hydrogens (tertiary/aromatic N) is 2. The van der Waals surface area contributed by atoms with E-state index in [9.17, 15) is 14.5 Å². The third kappa shape index (κ3) is 1.69. The molecule has 0 aliphatic rings. The van der Waals surface area contributed by atoms with E-state index in [1.165, 1.54) is 24.5 Å². The summed E-state index contributed by atoms with van der Waals surface area (Å²) in [6.45, 7) is 0. The SMILES string of the molecule is O=[N+]([O-])c1ccc(-c2cn[nH]c2)c(F)c1. The van der Waals surface area contributed by atoms with Crippen molar-refractivity contribution in [3.63, 3.8) is 0 Å². The summed E-state index contributed by atoms with van der Waals surface area (Å²) >= 11 is 0. The van der Waals surface area contributed by atoms with E-state index in [0.29, 0.717) is 5.56 Å². The van der Waals surface area contributed by atoms with Gasteiger partial charge >= 0.3 is 0 Å². The summed E-state index contributed by atoms with van der Waals surface area (Å²) in [5, 5.41) is 16.6. The highest BCUT2D eigenvalue weighted by Crippen LogP contribution is 2.24. The predicted molar refractivity (Wildman–Crippen MR) is 50.6 cm³/mol. The van der Waals surface area contributed by atoms with E-state index in [-0.39, 0.29) is 11.3 Å². The molecule has 0 fully saturated rings. The molecule has 5 nitrogen and oxygen atoms in total. The molecule has 0 unspecified atom stereocenters. The van der Waals surface area contributed by atoms with Crippen molar-refractivity contribution in [2.75, 3.05) is 0 Å². The van der Waals surface area contributed by atoms with Crippen molar-refractivity contribution in [3.05, 3.63) is 46.5 Å². The van der Waals surface area contributed by atoms with Gasteiger partial charge in [0.1, 0.15) is 5.82 Å². The van der Waals surface area contributed by atoms with Crippen LogP contribution in [0.2, 0.25) is 0 Å². The van der Waals surface area contributed by atoms with Crippen LogP contribution in [-0.4, -0.2) is 15.1 Å². The first-order valence-electron chi connectivity index (χ1n) is 4.11. The highest BCUT2D eigenvalue weighted by Gasteiger charge is 2.12. The van der Waals surface area contributed by atoms with Crippen molar-refractivity contribution in [1.82, 2.24) is 10.2 Å². The lowest BCUT2D eigenvalue weighted by molar-refractivity contribution is -0.385. The predicted octanol–water partition coefficient (Wildman–Crippen LogP) is 2.12. The highest BCUT2D eigenvalue weighted by molar-refractivity contribution is 5.63. The number of H-pyrrole nitrogens is 1. The van der Waals surface area contributed by atoms with E-state index >= 15 is 0 Å². The molecule has 0 saturated carbocycles. The fourth-order valence-electron chi connectivity index (χ4n) is 1.25. The van der Waals surface area contributed by atoms with Crippen LogP contribution in [0, 0.1) is 15.9 Å². The highest BCUT2D eigenvalue weighted by atomic mass is 19.1. The second-order valence-electron chi connectivity index (χ2n) is 2.91. The number of benzene rings is 1.